The molecule has 0 amide bonds. The Bertz CT molecular complexity index is 820. The van der Waals surface area contributed by atoms with Gasteiger partial charge in [-0.1, -0.05) is 55.3 Å². The molecular formula is C18H19ClIN3O. The molecule has 3 aromatic rings. The zero-order valence-electron chi connectivity index (χ0n) is 13.5. The fourth-order valence-electron chi connectivity index (χ4n) is 2.54. The van der Waals surface area contributed by atoms with Gasteiger partial charge >= 0.3 is 0 Å². The molecule has 126 valence electrons. The van der Waals surface area contributed by atoms with Gasteiger partial charge in [-0.2, -0.15) is 0 Å². The number of unbranched alkanes of at least 4 members (excludes halogenated alkanes) is 1. The van der Waals surface area contributed by atoms with Gasteiger partial charge in [0.1, 0.15) is 23.6 Å². The Balaban J connectivity index is 1.78. The van der Waals surface area contributed by atoms with Gasteiger partial charge in [0.15, 0.2) is 5.15 Å². The predicted octanol–water partition coefficient (Wildman–Crippen LogP) is 5.21. The first kappa shape index (κ1) is 17.6. The van der Waals surface area contributed by atoms with Crippen LogP contribution in [0.4, 0.5) is 0 Å². The third kappa shape index (κ3) is 4.07. The fraction of sp³-hybridized carbons (Fsp3) is 0.333. The molecule has 3 rings (SSSR count). The van der Waals surface area contributed by atoms with Crippen LogP contribution in [0.5, 0.6) is 0 Å². The average molecular weight is 456 g/mol. The van der Waals surface area contributed by atoms with Gasteiger partial charge in [-0.3, -0.25) is 0 Å². The Morgan fingerprint density at radius 2 is 2.00 bits per heavy atom. The zero-order valence-corrected chi connectivity index (χ0v) is 16.4. The second-order valence-electron chi connectivity index (χ2n) is 5.64. The summed E-state index contributed by atoms with van der Waals surface area (Å²) < 4.78 is 8.86. The number of nitrogens with zero attached hydrogens (tertiary/aromatic N) is 3. The Hall–Kier alpha value is -1.18. The second-order valence-corrected chi connectivity index (χ2v) is 7.16. The van der Waals surface area contributed by atoms with Crippen LogP contribution < -0.4 is 0 Å². The van der Waals surface area contributed by atoms with Crippen molar-refractivity contribution in [1.82, 2.24) is 14.5 Å². The molecule has 0 aliphatic heterocycles. The summed E-state index contributed by atoms with van der Waals surface area (Å²) in [5.74, 6) is 0.815. The maximum Gasteiger partial charge on any atom is 0.157 e. The highest BCUT2D eigenvalue weighted by atomic mass is 127. The van der Waals surface area contributed by atoms with Crippen LogP contribution in [0.25, 0.3) is 11.0 Å². The van der Waals surface area contributed by atoms with Crippen LogP contribution in [0, 0.1) is 3.57 Å². The van der Waals surface area contributed by atoms with Gasteiger partial charge < -0.3 is 9.30 Å². The van der Waals surface area contributed by atoms with Crippen molar-refractivity contribution in [2.45, 2.75) is 39.5 Å². The Labute approximate surface area is 160 Å². The molecule has 0 saturated carbocycles. The van der Waals surface area contributed by atoms with E-state index < -0.39 is 0 Å². The van der Waals surface area contributed by atoms with Crippen LogP contribution in [-0.4, -0.2) is 14.5 Å². The third-order valence-electron chi connectivity index (χ3n) is 3.77. The molecule has 24 heavy (non-hydrogen) atoms. The highest BCUT2D eigenvalue weighted by Gasteiger charge is 2.14. The minimum Gasteiger partial charge on any atom is -0.356 e. The quantitative estimate of drug-likeness (QED) is 0.363. The first-order valence-electron chi connectivity index (χ1n) is 8.01. The number of fused-ring (bicyclic) bond motifs is 1. The smallest absolute Gasteiger partial charge is 0.157 e. The highest BCUT2D eigenvalue weighted by Crippen LogP contribution is 2.27. The maximum atomic E-state index is 6.42. The van der Waals surface area contributed by atoms with Crippen LogP contribution in [-0.2, 0) is 24.5 Å². The van der Waals surface area contributed by atoms with Crippen LogP contribution in [0.2, 0.25) is 5.15 Å². The molecule has 0 aliphatic carbocycles. The third-order valence-corrected chi connectivity index (χ3v) is 4.82. The van der Waals surface area contributed by atoms with Crippen molar-refractivity contribution < 1.29 is 4.74 Å². The molecule has 0 radical (unpaired) electrons. The topological polar surface area (TPSA) is 39.9 Å². The Kier molecular flexibility index (Phi) is 6.08. The molecule has 0 saturated heterocycles. The maximum absolute atomic E-state index is 6.42. The number of halogens is 2. The first-order valence-corrected chi connectivity index (χ1v) is 9.47. The monoisotopic (exact) mass is 455 g/mol. The Morgan fingerprint density at radius 1 is 1.21 bits per heavy atom. The summed E-state index contributed by atoms with van der Waals surface area (Å²) in [7, 11) is 0. The van der Waals surface area contributed by atoms with Gasteiger partial charge in [0, 0.05) is 12.6 Å². The van der Waals surface area contributed by atoms with Crippen molar-refractivity contribution in [3.05, 3.63) is 56.6 Å². The molecule has 6 heteroatoms. The van der Waals surface area contributed by atoms with E-state index >= 15 is 0 Å². The molecule has 4 nitrogen and oxygen atoms in total. The van der Waals surface area contributed by atoms with Crippen molar-refractivity contribution in [1.29, 1.82) is 0 Å². The molecule has 2 aromatic heterocycles. The van der Waals surface area contributed by atoms with Gasteiger partial charge in [-0.25, -0.2) is 9.97 Å². The van der Waals surface area contributed by atoms with Crippen molar-refractivity contribution in [3.63, 3.8) is 0 Å². The number of benzene rings is 1. The SMILES string of the molecule is CCCCc1nc(Cl)c2c(n1)c(I)cn2COCc1ccccc1. The van der Waals surface area contributed by atoms with Gasteiger partial charge in [0.05, 0.1) is 10.2 Å². The average Bonchev–Trinajstić information content (AvgIpc) is 2.90. The summed E-state index contributed by atoms with van der Waals surface area (Å²) in [5, 5.41) is 0.498. The lowest BCUT2D eigenvalue weighted by Gasteiger charge is -2.08. The highest BCUT2D eigenvalue weighted by molar-refractivity contribution is 14.1. The summed E-state index contributed by atoms with van der Waals surface area (Å²) in [5.41, 5.74) is 2.90. The molecule has 2 heterocycles. The summed E-state index contributed by atoms with van der Waals surface area (Å²) in [6.07, 6.45) is 5.06. The standard InChI is InChI=1S/C18H19ClIN3O/c1-2-3-9-15-21-16-14(20)10-23(17(16)18(19)22-15)12-24-11-13-7-5-4-6-8-13/h4-8,10H,2-3,9,11-12H2,1H3. The van der Waals surface area contributed by atoms with Crippen LogP contribution >= 0.6 is 34.2 Å². The second kappa shape index (κ2) is 8.27. The largest absolute Gasteiger partial charge is 0.356 e. The van der Waals surface area contributed by atoms with E-state index in [1.54, 1.807) is 0 Å². The Morgan fingerprint density at radius 3 is 2.75 bits per heavy atom. The van der Waals surface area contributed by atoms with Gasteiger partial charge in [-0.15, -0.1) is 0 Å². The van der Waals surface area contributed by atoms with Crippen LogP contribution in [0.15, 0.2) is 36.5 Å². The molecule has 0 unspecified atom stereocenters. The van der Waals surface area contributed by atoms with Gasteiger partial charge in [-0.05, 0) is 34.6 Å². The number of ether oxygens (including phenoxy) is 1. The molecule has 0 spiro atoms. The van der Waals surface area contributed by atoms with Crippen molar-refractivity contribution in [2.24, 2.45) is 0 Å². The summed E-state index contributed by atoms with van der Waals surface area (Å²) in [6.45, 7) is 3.14. The lowest BCUT2D eigenvalue weighted by Crippen LogP contribution is -2.03. The van der Waals surface area contributed by atoms with E-state index in [0.29, 0.717) is 18.5 Å². The fourth-order valence-corrected chi connectivity index (χ4v) is 3.55. The molecule has 0 aliphatic rings. The predicted molar refractivity (Wildman–Crippen MR) is 105 cm³/mol. The van der Waals surface area contributed by atoms with E-state index in [0.717, 1.165) is 45.3 Å². The lowest BCUT2D eigenvalue weighted by atomic mass is 10.2. The molecular weight excluding hydrogens is 437 g/mol. The van der Waals surface area contributed by atoms with Crippen molar-refractivity contribution in [3.8, 4) is 0 Å². The summed E-state index contributed by atoms with van der Waals surface area (Å²) in [4.78, 5) is 9.13. The van der Waals surface area contributed by atoms with E-state index in [4.69, 9.17) is 16.3 Å². The molecule has 0 fully saturated rings. The normalized spacial score (nSPS) is 11.3. The minimum absolute atomic E-state index is 0.422. The molecule has 0 atom stereocenters. The number of aromatic nitrogens is 3. The van der Waals surface area contributed by atoms with Crippen molar-refractivity contribution in [2.75, 3.05) is 0 Å². The molecule has 1 aromatic carbocycles. The number of aryl methyl sites for hydroxylation is 1. The van der Waals surface area contributed by atoms with E-state index in [2.05, 4.69) is 39.5 Å². The van der Waals surface area contributed by atoms with Gasteiger partial charge in [0.25, 0.3) is 0 Å². The summed E-state index contributed by atoms with van der Waals surface area (Å²) >= 11 is 8.71. The van der Waals surface area contributed by atoms with E-state index in [1.165, 1.54) is 0 Å². The molecule has 0 N–H and O–H groups in total. The number of hydrogen-bond donors (Lipinski definition) is 0. The summed E-state index contributed by atoms with van der Waals surface area (Å²) in [6, 6.07) is 10.1. The van der Waals surface area contributed by atoms with Gasteiger partial charge in [0.2, 0.25) is 0 Å². The lowest BCUT2D eigenvalue weighted by molar-refractivity contribution is 0.0667. The van der Waals surface area contributed by atoms with E-state index in [1.807, 2.05) is 41.1 Å². The van der Waals surface area contributed by atoms with Crippen molar-refractivity contribution >= 4 is 45.2 Å². The van der Waals surface area contributed by atoms with E-state index in [-0.39, 0.29) is 0 Å². The van der Waals surface area contributed by atoms with Crippen LogP contribution in [0.3, 0.4) is 0 Å². The van der Waals surface area contributed by atoms with E-state index in [9.17, 15) is 0 Å². The first-order chi connectivity index (χ1) is 11.7. The number of rotatable bonds is 7. The van der Waals surface area contributed by atoms with Crippen LogP contribution in [0.1, 0.15) is 31.2 Å². The molecule has 0 bridgehead atoms. The number of hydrogen-bond acceptors (Lipinski definition) is 3. The minimum atomic E-state index is 0.422. The zero-order chi connectivity index (χ0) is 16.9.